The number of urea groups is 1. The number of carbonyl (C=O) groups excluding carboxylic acids is 3. The predicted octanol–water partition coefficient (Wildman–Crippen LogP) is 0.316. The minimum atomic E-state index is -0.589. The van der Waals surface area contributed by atoms with Gasteiger partial charge in [-0.05, 0) is 24.3 Å². The second-order valence-corrected chi connectivity index (χ2v) is 3.69. The number of nitrogens with one attached hydrogen (secondary N) is 2. The third-order valence-electron chi connectivity index (χ3n) is 2.37. The molecule has 6 nitrogen and oxygen atoms in total. The largest absolute Gasteiger partial charge is 0.329 e. The number of nitrogens with zero attached hydrogens (tertiary/aromatic N) is 1. The molecule has 0 aliphatic carbocycles. The molecule has 18 heavy (non-hydrogen) atoms. The van der Waals surface area contributed by atoms with Crippen LogP contribution < -0.4 is 10.6 Å². The number of amides is 4. The lowest BCUT2D eigenvalue weighted by molar-refractivity contribution is -0.128. The molecule has 7 heteroatoms. The molecule has 1 saturated heterocycles. The van der Waals surface area contributed by atoms with Gasteiger partial charge in [-0.1, -0.05) is 0 Å². The molecule has 0 atom stereocenters. The Morgan fingerprint density at radius 3 is 2.56 bits per heavy atom. The summed E-state index contributed by atoms with van der Waals surface area (Å²) in [6, 6.07) is 4.58. The van der Waals surface area contributed by atoms with Crippen LogP contribution in [-0.2, 0) is 9.59 Å². The average Bonchev–Trinajstić information content (AvgIpc) is 2.64. The summed E-state index contributed by atoms with van der Waals surface area (Å²) < 4.78 is 12.6. The molecule has 1 aliphatic heterocycles. The van der Waals surface area contributed by atoms with Gasteiger partial charge in [-0.25, -0.2) is 9.18 Å². The molecule has 0 spiro atoms. The van der Waals surface area contributed by atoms with Gasteiger partial charge in [0.1, 0.15) is 12.4 Å². The van der Waals surface area contributed by atoms with Gasteiger partial charge in [0, 0.05) is 5.69 Å². The molecule has 4 amide bonds. The Balaban J connectivity index is 1.94. The van der Waals surface area contributed by atoms with Crippen molar-refractivity contribution in [1.82, 2.24) is 10.2 Å². The summed E-state index contributed by atoms with van der Waals surface area (Å²) in [7, 11) is 0. The fraction of sp³-hybridized carbons (Fsp3) is 0.182. The van der Waals surface area contributed by atoms with Crippen molar-refractivity contribution in [1.29, 1.82) is 0 Å². The van der Waals surface area contributed by atoms with Crippen LogP contribution >= 0.6 is 0 Å². The van der Waals surface area contributed by atoms with Gasteiger partial charge in [-0.15, -0.1) is 0 Å². The summed E-state index contributed by atoms with van der Waals surface area (Å²) in [5.41, 5.74) is 0.397. The molecule has 2 N–H and O–H groups in total. The van der Waals surface area contributed by atoms with Crippen molar-refractivity contribution in [2.45, 2.75) is 0 Å². The fourth-order valence-corrected chi connectivity index (χ4v) is 1.49. The molecule has 94 valence electrons. The molecule has 0 unspecified atom stereocenters. The zero-order valence-corrected chi connectivity index (χ0v) is 9.27. The molecule has 1 aromatic carbocycles. The standard InChI is InChI=1S/C11H10FN3O3/c12-7-1-3-8(4-2-7)14-9(16)6-15-10(17)5-13-11(15)18/h1-4H,5-6H2,(H,13,18)(H,14,16). The smallest absolute Gasteiger partial charge is 0.325 e. The van der Waals surface area contributed by atoms with Crippen molar-refractivity contribution in [3.63, 3.8) is 0 Å². The molecule has 0 bridgehead atoms. The van der Waals surface area contributed by atoms with Crippen molar-refractivity contribution < 1.29 is 18.8 Å². The number of hydrogen-bond acceptors (Lipinski definition) is 3. The van der Waals surface area contributed by atoms with Crippen molar-refractivity contribution in [3.05, 3.63) is 30.1 Å². The lowest BCUT2D eigenvalue weighted by Crippen LogP contribution is -2.38. The molecule has 1 aliphatic rings. The Kier molecular flexibility index (Phi) is 3.22. The maximum Gasteiger partial charge on any atom is 0.325 e. The first-order valence-electron chi connectivity index (χ1n) is 5.20. The van der Waals surface area contributed by atoms with Crippen LogP contribution in [-0.4, -0.2) is 35.8 Å². The number of benzene rings is 1. The number of rotatable bonds is 3. The number of halogens is 1. The maximum absolute atomic E-state index is 12.6. The van der Waals surface area contributed by atoms with E-state index in [1.54, 1.807) is 0 Å². The first-order chi connectivity index (χ1) is 8.56. The summed E-state index contributed by atoms with van der Waals surface area (Å²) in [5, 5.41) is 4.76. The Labute approximate surface area is 102 Å². The molecule has 0 aromatic heterocycles. The van der Waals surface area contributed by atoms with Gasteiger partial charge >= 0.3 is 6.03 Å². The summed E-state index contributed by atoms with van der Waals surface area (Å²) in [4.78, 5) is 34.8. The van der Waals surface area contributed by atoms with Gasteiger partial charge < -0.3 is 10.6 Å². The SMILES string of the molecule is O=C(CN1C(=O)CNC1=O)Nc1ccc(F)cc1. The van der Waals surface area contributed by atoms with Crippen LogP contribution in [0.3, 0.4) is 0 Å². The lowest BCUT2D eigenvalue weighted by atomic mass is 10.3. The highest BCUT2D eigenvalue weighted by atomic mass is 19.1. The van der Waals surface area contributed by atoms with Crippen molar-refractivity contribution in [3.8, 4) is 0 Å². The highest BCUT2D eigenvalue weighted by Gasteiger charge is 2.29. The first-order valence-corrected chi connectivity index (χ1v) is 5.20. The number of carbonyl (C=O) groups is 3. The lowest BCUT2D eigenvalue weighted by Gasteiger charge is -2.12. The minimum absolute atomic E-state index is 0.0946. The molecule has 0 radical (unpaired) electrons. The van der Waals surface area contributed by atoms with E-state index in [-0.39, 0.29) is 13.1 Å². The highest BCUT2D eigenvalue weighted by molar-refractivity contribution is 6.06. The van der Waals surface area contributed by atoms with Crippen LogP contribution in [0, 0.1) is 5.82 Å². The average molecular weight is 251 g/mol. The Hall–Kier alpha value is -2.44. The molecular weight excluding hydrogens is 241 g/mol. The first kappa shape index (κ1) is 12.0. The van der Waals surface area contributed by atoms with Crippen molar-refractivity contribution >= 4 is 23.5 Å². The van der Waals surface area contributed by atoms with E-state index >= 15 is 0 Å². The van der Waals surface area contributed by atoms with Crippen molar-refractivity contribution in [2.24, 2.45) is 0 Å². The van der Waals surface area contributed by atoms with E-state index in [4.69, 9.17) is 0 Å². The number of hydrogen-bond donors (Lipinski definition) is 2. The van der Waals surface area contributed by atoms with E-state index in [2.05, 4.69) is 10.6 Å². The van der Waals surface area contributed by atoms with Gasteiger partial charge in [0.15, 0.2) is 0 Å². The van der Waals surface area contributed by atoms with E-state index in [9.17, 15) is 18.8 Å². The topological polar surface area (TPSA) is 78.5 Å². The van der Waals surface area contributed by atoms with E-state index in [1.807, 2.05) is 0 Å². The second kappa shape index (κ2) is 4.82. The van der Waals surface area contributed by atoms with Gasteiger partial charge in [0.05, 0.1) is 6.54 Å². The highest BCUT2D eigenvalue weighted by Crippen LogP contribution is 2.08. The quantitative estimate of drug-likeness (QED) is 0.759. The molecule has 2 rings (SSSR count). The van der Waals surface area contributed by atoms with Crippen LogP contribution in [0.1, 0.15) is 0 Å². The third-order valence-corrected chi connectivity index (χ3v) is 2.37. The summed E-state index contributed by atoms with van der Waals surface area (Å²) in [6.07, 6.45) is 0. The molecule has 1 aromatic rings. The molecule has 1 fully saturated rings. The van der Waals surface area contributed by atoms with E-state index in [0.717, 1.165) is 4.90 Å². The third kappa shape index (κ3) is 2.62. The fourth-order valence-electron chi connectivity index (χ4n) is 1.49. The number of imide groups is 1. The van der Waals surface area contributed by atoms with E-state index in [1.165, 1.54) is 24.3 Å². The van der Waals surface area contributed by atoms with Crippen LogP contribution in [0.15, 0.2) is 24.3 Å². The van der Waals surface area contributed by atoms with E-state index in [0.29, 0.717) is 5.69 Å². The molecular formula is C11H10FN3O3. The van der Waals surface area contributed by atoms with Gasteiger partial charge in [0.2, 0.25) is 5.91 Å². The summed E-state index contributed by atoms with van der Waals surface area (Å²) in [5.74, 6) is -1.39. The molecule has 1 heterocycles. The monoisotopic (exact) mass is 251 g/mol. The van der Waals surface area contributed by atoms with Gasteiger partial charge in [-0.2, -0.15) is 0 Å². The van der Waals surface area contributed by atoms with Crippen LogP contribution in [0.5, 0.6) is 0 Å². The van der Waals surface area contributed by atoms with E-state index < -0.39 is 23.7 Å². The van der Waals surface area contributed by atoms with Crippen LogP contribution in [0.4, 0.5) is 14.9 Å². The normalized spacial score (nSPS) is 14.6. The van der Waals surface area contributed by atoms with Crippen LogP contribution in [0.25, 0.3) is 0 Å². The van der Waals surface area contributed by atoms with Gasteiger partial charge in [0.25, 0.3) is 5.91 Å². The maximum atomic E-state index is 12.6. The predicted molar refractivity (Wildman–Crippen MR) is 60.1 cm³/mol. The van der Waals surface area contributed by atoms with Crippen molar-refractivity contribution in [2.75, 3.05) is 18.4 Å². The zero-order chi connectivity index (χ0) is 13.1. The summed E-state index contributed by atoms with van der Waals surface area (Å²) in [6.45, 7) is -0.454. The van der Waals surface area contributed by atoms with Gasteiger partial charge in [-0.3, -0.25) is 14.5 Å². The minimum Gasteiger partial charge on any atom is -0.329 e. The second-order valence-electron chi connectivity index (χ2n) is 3.69. The van der Waals surface area contributed by atoms with Crippen LogP contribution in [0.2, 0.25) is 0 Å². The molecule has 0 saturated carbocycles. The Bertz CT molecular complexity index is 485. The summed E-state index contributed by atoms with van der Waals surface area (Å²) >= 11 is 0. The Morgan fingerprint density at radius 1 is 1.33 bits per heavy atom. The Morgan fingerprint density at radius 2 is 2.00 bits per heavy atom. The number of anilines is 1. The zero-order valence-electron chi connectivity index (χ0n) is 9.27.